The first-order valence-corrected chi connectivity index (χ1v) is 5.65. The molecule has 1 atom stereocenters. The molecule has 4 heteroatoms. The topological polar surface area (TPSA) is 60.4 Å². The molecule has 0 spiro atoms. The first kappa shape index (κ1) is 11.0. The SMILES string of the molecule is CCOc1c(C2CCCCC2=O)c(=O)c1=O. The van der Waals surface area contributed by atoms with Crippen LogP contribution in [0.2, 0.25) is 0 Å². The lowest BCUT2D eigenvalue weighted by Gasteiger charge is -2.23. The lowest BCUT2D eigenvalue weighted by molar-refractivity contribution is -0.121. The molecule has 16 heavy (non-hydrogen) atoms. The standard InChI is InChI=1S/C12H14O4/c1-2-16-12-9(10(14)11(12)15)7-5-3-4-6-8(7)13/h7H,2-6H2,1H3. The van der Waals surface area contributed by atoms with Crippen LogP contribution in [0.4, 0.5) is 0 Å². The summed E-state index contributed by atoms with van der Waals surface area (Å²) in [6, 6.07) is 0. The minimum absolute atomic E-state index is 0.0688. The van der Waals surface area contributed by atoms with E-state index in [1.54, 1.807) is 6.92 Å². The van der Waals surface area contributed by atoms with E-state index in [2.05, 4.69) is 0 Å². The van der Waals surface area contributed by atoms with Gasteiger partial charge in [0, 0.05) is 6.42 Å². The molecular weight excluding hydrogens is 208 g/mol. The smallest absolute Gasteiger partial charge is 0.268 e. The Morgan fingerprint density at radius 1 is 1.19 bits per heavy atom. The summed E-state index contributed by atoms with van der Waals surface area (Å²) < 4.78 is 5.13. The van der Waals surface area contributed by atoms with Crippen molar-refractivity contribution in [1.82, 2.24) is 0 Å². The van der Waals surface area contributed by atoms with E-state index in [0.717, 1.165) is 12.8 Å². The van der Waals surface area contributed by atoms with E-state index in [-0.39, 0.29) is 17.5 Å². The van der Waals surface area contributed by atoms with Gasteiger partial charge in [0.25, 0.3) is 5.43 Å². The Morgan fingerprint density at radius 3 is 2.56 bits per heavy atom. The highest BCUT2D eigenvalue weighted by Crippen LogP contribution is 2.32. The maximum Gasteiger partial charge on any atom is 0.268 e. The number of rotatable bonds is 3. The van der Waals surface area contributed by atoms with Gasteiger partial charge in [0.15, 0.2) is 5.75 Å². The molecule has 1 aliphatic carbocycles. The molecule has 0 aromatic heterocycles. The Balaban J connectivity index is 2.33. The molecule has 0 heterocycles. The average molecular weight is 222 g/mol. The monoisotopic (exact) mass is 222 g/mol. The van der Waals surface area contributed by atoms with Gasteiger partial charge in [-0.2, -0.15) is 0 Å². The summed E-state index contributed by atoms with van der Waals surface area (Å²) in [7, 11) is 0. The van der Waals surface area contributed by atoms with Gasteiger partial charge in [-0.3, -0.25) is 14.4 Å². The van der Waals surface area contributed by atoms with Crippen LogP contribution in [0.15, 0.2) is 9.59 Å². The van der Waals surface area contributed by atoms with Gasteiger partial charge in [-0.05, 0) is 19.8 Å². The number of Topliss-reactive ketones (excluding diaryl/α,β-unsaturated/α-hetero) is 1. The van der Waals surface area contributed by atoms with Crippen LogP contribution < -0.4 is 15.6 Å². The molecule has 4 nitrogen and oxygen atoms in total. The molecule has 1 aromatic rings. The van der Waals surface area contributed by atoms with E-state index < -0.39 is 10.9 Å². The first-order valence-electron chi connectivity index (χ1n) is 5.65. The summed E-state index contributed by atoms with van der Waals surface area (Å²) in [6.07, 6.45) is 2.99. The summed E-state index contributed by atoms with van der Waals surface area (Å²) in [5.74, 6) is -0.187. The van der Waals surface area contributed by atoms with Crippen LogP contribution in [0, 0.1) is 0 Å². The van der Waals surface area contributed by atoms with E-state index >= 15 is 0 Å². The van der Waals surface area contributed by atoms with Crippen LogP contribution in [-0.4, -0.2) is 12.4 Å². The van der Waals surface area contributed by atoms with Gasteiger partial charge < -0.3 is 4.74 Å². The largest absolute Gasteiger partial charge is 0.489 e. The zero-order valence-corrected chi connectivity index (χ0v) is 9.25. The van der Waals surface area contributed by atoms with Gasteiger partial charge >= 0.3 is 0 Å². The maximum atomic E-state index is 11.7. The van der Waals surface area contributed by atoms with Gasteiger partial charge in [0.05, 0.1) is 18.1 Å². The maximum absolute atomic E-state index is 11.7. The normalized spacial score (nSPS) is 21.3. The van der Waals surface area contributed by atoms with Gasteiger partial charge in [-0.15, -0.1) is 0 Å². The van der Waals surface area contributed by atoms with Crippen LogP contribution in [0.3, 0.4) is 0 Å². The third-order valence-electron chi connectivity index (χ3n) is 3.09. The fourth-order valence-corrected chi connectivity index (χ4v) is 2.28. The molecule has 2 rings (SSSR count). The molecule has 1 aromatic carbocycles. The number of ketones is 1. The third-order valence-corrected chi connectivity index (χ3v) is 3.09. The molecule has 0 amide bonds. The summed E-state index contributed by atoms with van der Waals surface area (Å²) in [4.78, 5) is 34.4. The highest BCUT2D eigenvalue weighted by molar-refractivity contribution is 5.87. The Morgan fingerprint density at radius 2 is 1.94 bits per heavy atom. The van der Waals surface area contributed by atoms with E-state index in [9.17, 15) is 14.4 Å². The molecule has 1 aliphatic rings. The minimum Gasteiger partial charge on any atom is -0.489 e. The Hall–Kier alpha value is -1.45. The predicted molar refractivity (Wildman–Crippen MR) is 58.7 cm³/mol. The van der Waals surface area contributed by atoms with Crippen molar-refractivity contribution in [2.75, 3.05) is 6.61 Å². The molecule has 0 saturated heterocycles. The Labute approximate surface area is 92.9 Å². The lowest BCUT2D eigenvalue weighted by atomic mass is 9.80. The Bertz CT molecular complexity index is 479. The van der Waals surface area contributed by atoms with Crippen molar-refractivity contribution in [3.05, 3.63) is 26.0 Å². The zero-order chi connectivity index (χ0) is 11.7. The van der Waals surface area contributed by atoms with E-state index in [4.69, 9.17) is 4.74 Å². The molecule has 1 unspecified atom stereocenters. The van der Waals surface area contributed by atoms with Crippen molar-refractivity contribution in [1.29, 1.82) is 0 Å². The predicted octanol–water partition coefficient (Wildman–Crippen LogP) is 0.908. The Kier molecular flexibility index (Phi) is 2.90. The van der Waals surface area contributed by atoms with Crippen LogP contribution >= 0.6 is 0 Å². The van der Waals surface area contributed by atoms with Crippen LogP contribution in [-0.2, 0) is 4.79 Å². The summed E-state index contributed by atoms with van der Waals surface area (Å²) in [5.41, 5.74) is -0.768. The summed E-state index contributed by atoms with van der Waals surface area (Å²) in [6.45, 7) is 2.10. The number of hydrogen-bond acceptors (Lipinski definition) is 4. The number of ether oxygens (including phenoxy) is 1. The van der Waals surface area contributed by atoms with Gasteiger partial charge in [0.1, 0.15) is 5.78 Å². The second-order valence-corrected chi connectivity index (χ2v) is 4.10. The zero-order valence-electron chi connectivity index (χ0n) is 9.25. The highest BCUT2D eigenvalue weighted by Gasteiger charge is 2.34. The quantitative estimate of drug-likeness (QED) is 0.713. The molecule has 1 saturated carbocycles. The van der Waals surface area contributed by atoms with Gasteiger partial charge in [-0.1, -0.05) is 6.42 Å². The fourth-order valence-electron chi connectivity index (χ4n) is 2.28. The van der Waals surface area contributed by atoms with Crippen molar-refractivity contribution < 1.29 is 9.53 Å². The van der Waals surface area contributed by atoms with Crippen molar-refractivity contribution in [2.24, 2.45) is 0 Å². The molecule has 1 fully saturated rings. The molecule has 0 bridgehead atoms. The van der Waals surface area contributed by atoms with Gasteiger partial charge in [0.2, 0.25) is 5.43 Å². The third kappa shape index (κ3) is 1.58. The first-order chi connectivity index (χ1) is 7.66. The van der Waals surface area contributed by atoms with Crippen LogP contribution in [0.1, 0.15) is 44.1 Å². The highest BCUT2D eigenvalue weighted by atomic mass is 16.5. The van der Waals surface area contributed by atoms with Crippen LogP contribution in [0.25, 0.3) is 0 Å². The fraction of sp³-hybridized carbons (Fsp3) is 0.583. The molecular formula is C12H14O4. The van der Waals surface area contributed by atoms with Crippen LogP contribution in [0.5, 0.6) is 5.75 Å². The summed E-state index contributed by atoms with van der Waals surface area (Å²) >= 11 is 0. The van der Waals surface area contributed by atoms with Crippen molar-refractivity contribution in [3.8, 4) is 5.75 Å². The molecule has 0 radical (unpaired) electrons. The van der Waals surface area contributed by atoms with E-state index in [1.807, 2.05) is 0 Å². The number of hydrogen-bond donors (Lipinski definition) is 0. The average Bonchev–Trinajstić information content (AvgIpc) is 2.30. The van der Waals surface area contributed by atoms with Crippen molar-refractivity contribution in [3.63, 3.8) is 0 Å². The second kappa shape index (κ2) is 4.20. The summed E-state index contributed by atoms with van der Waals surface area (Å²) in [5, 5.41) is 0. The van der Waals surface area contributed by atoms with Gasteiger partial charge in [-0.25, -0.2) is 0 Å². The van der Waals surface area contributed by atoms with Crippen molar-refractivity contribution in [2.45, 2.75) is 38.5 Å². The lowest BCUT2D eigenvalue weighted by Crippen LogP contribution is -2.40. The number of carbonyl (C=O) groups excluding carboxylic acids is 1. The molecule has 86 valence electrons. The minimum atomic E-state index is -0.574. The number of carbonyl (C=O) groups is 1. The second-order valence-electron chi connectivity index (χ2n) is 4.10. The van der Waals surface area contributed by atoms with Crippen molar-refractivity contribution >= 4 is 5.78 Å². The van der Waals surface area contributed by atoms with E-state index in [1.165, 1.54) is 0 Å². The van der Waals surface area contributed by atoms with E-state index in [0.29, 0.717) is 25.0 Å². The molecule has 0 aliphatic heterocycles. The molecule has 0 N–H and O–H groups in total.